The monoisotopic (exact) mass is 844 g/mol. The van der Waals surface area contributed by atoms with E-state index in [1.165, 1.54) is 11.1 Å². The van der Waals surface area contributed by atoms with Gasteiger partial charge in [-0.1, -0.05) is 161 Å². The summed E-state index contributed by atoms with van der Waals surface area (Å²) >= 11 is 0. The van der Waals surface area contributed by atoms with Crippen molar-refractivity contribution in [1.82, 2.24) is 0 Å². The molecule has 0 heterocycles. The predicted molar refractivity (Wildman–Crippen MR) is 269 cm³/mol. The lowest BCUT2D eigenvalue weighted by Gasteiger charge is -2.22. The summed E-state index contributed by atoms with van der Waals surface area (Å²) in [6.45, 7) is 13.5. The summed E-state index contributed by atoms with van der Waals surface area (Å²) in [4.78, 5) is 0. The maximum absolute atomic E-state index is 12.2. The van der Waals surface area contributed by atoms with E-state index in [9.17, 15) is 10.2 Å². The molecule has 4 nitrogen and oxygen atoms in total. The number of fused-ring (bicyclic) bond motifs is 2. The lowest BCUT2D eigenvalue weighted by atomic mass is 9.90. The van der Waals surface area contributed by atoms with Gasteiger partial charge in [-0.3, -0.25) is 0 Å². The molecule has 64 heavy (non-hydrogen) atoms. The Bertz CT molecular complexity index is 2920. The molecule has 8 aromatic carbocycles. The van der Waals surface area contributed by atoms with E-state index in [0.717, 1.165) is 116 Å². The van der Waals surface area contributed by atoms with E-state index in [-0.39, 0.29) is 17.4 Å². The van der Waals surface area contributed by atoms with Crippen molar-refractivity contribution in [3.63, 3.8) is 0 Å². The zero-order valence-electron chi connectivity index (χ0n) is 37.8. The number of ether oxygens (including phenoxy) is 2. The summed E-state index contributed by atoms with van der Waals surface area (Å²) in [6.07, 6.45) is 8.89. The van der Waals surface area contributed by atoms with Crippen molar-refractivity contribution in [1.29, 1.82) is 0 Å². The maximum atomic E-state index is 12.2. The van der Waals surface area contributed by atoms with Gasteiger partial charge >= 0.3 is 0 Å². The second-order valence-electron chi connectivity index (χ2n) is 17.2. The van der Waals surface area contributed by atoms with Crippen LogP contribution in [0.25, 0.3) is 66.1 Å². The zero-order chi connectivity index (χ0) is 44.6. The molecular formula is C60H60O4. The zero-order valence-corrected chi connectivity index (χ0v) is 37.8. The van der Waals surface area contributed by atoms with Crippen molar-refractivity contribution in [3.8, 4) is 67.5 Å². The third kappa shape index (κ3) is 9.29. The average Bonchev–Trinajstić information content (AvgIpc) is 3.31. The Hall–Kier alpha value is -6.78. The number of allylic oxidation sites excluding steroid dienone is 1. The number of hydrogen-bond acceptors (Lipinski definition) is 4. The Morgan fingerprint density at radius 1 is 0.500 bits per heavy atom. The fraction of sp³-hybridized carbons (Fsp3) is 0.233. The quantitative estimate of drug-likeness (QED) is 0.0667. The Morgan fingerprint density at radius 3 is 1.47 bits per heavy atom. The summed E-state index contributed by atoms with van der Waals surface area (Å²) in [5.41, 5.74) is 11.5. The van der Waals surface area contributed by atoms with Crippen molar-refractivity contribution < 1.29 is 19.7 Å². The van der Waals surface area contributed by atoms with Crippen LogP contribution in [-0.4, -0.2) is 23.4 Å². The molecule has 2 N–H and O–H groups in total. The second-order valence-corrected chi connectivity index (χ2v) is 17.2. The van der Waals surface area contributed by atoms with Crippen molar-refractivity contribution in [2.24, 2.45) is 5.92 Å². The molecule has 0 fully saturated rings. The van der Waals surface area contributed by atoms with Gasteiger partial charge in [-0.2, -0.15) is 0 Å². The average molecular weight is 845 g/mol. The van der Waals surface area contributed by atoms with E-state index < -0.39 is 0 Å². The van der Waals surface area contributed by atoms with Crippen LogP contribution in [0.1, 0.15) is 68.2 Å². The largest absolute Gasteiger partial charge is 0.507 e. The Morgan fingerprint density at radius 2 is 0.984 bits per heavy atom. The molecule has 8 rings (SSSR count). The van der Waals surface area contributed by atoms with Gasteiger partial charge in [0.15, 0.2) is 0 Å². The molecule has 0 aliphatic rings. The van der Waals surface area contributed by atoms with Gasteiger partial charge in [0.05, 0.1) is 13.2 Å². The van der Waals surface area contributed by atoms with Crippen LogP contribution in [0.3, 0.4) is 0 Å². The summed E-state index contributed by atoms with van der Waals surface area (Å²) in [6, 6.07) is 50.1. The van der Waals surface area contributed by atoms with Gasteiger partial charge in [0, 0.05) is 39.3 Å². The van der Waals surface area contributed by atoms with E-state index in [0.29, 0.717) is 31.1 Å². The van der Waals surface area contributed by atoms with Crippen LogP contribution in [0.4, 0.5) is 0 Å². The number of rotatable bonds is 18. The van der Waals surface area contributed by atoms with Crippen LogP contribution >= 0.6 is 0 Å². The third-order valence-corrected chi connectivity index (χ3v) is 12.6. The summed E-state index contributed by atoms with van der Waals surface area (Å²) < 4.78 is 13.5. The minimum absolute atomic E-state index is 0.0331. The Balaban J connectivity index is 1.10. The summed E-state index contributed by atoms with van der Waals surface area (Å²) in [7, 11) is 0. The first kappa shape index (κ1) is 43.9. The second kappa shape index (κ2) is 20.2. The van der Waals surface area contributed by atoms with E-state index >= 15 is 0 Å². The van der Waals surface area contributed by atoms with Crippen LogP contribution in [-0.2, 0) is 12.8 Å². The smallest absolute Gasteiger partial charge is 0.131 e. The molecule has 0 bridgehead atoms. The molecule has 0 aliphatic heterocycles. The van der Waals surface area contributed by atoms with Gasteiger partial charge < -0.3 is 19.7 Å². The standard InChI is InChI=1S/C60H60O4/c1-6-9-10-19-43-31-35-56(54(37-43)50-25-16-27-52(60(50)62)58-41(5)29-33-46-21-12-14-23-48(46)58)64-39-44(18-8-3)38-63-55-34-30-42(17-7-2)36-53(55)49-24-15-26-51(59(49)61)57-40(4)28-32-45-20-11-13-22-47(45)57/h8,11-16,20-37,44,61-62H,3,6-7,9-10,17-19,38-39H2,1-2,4-5H3. The fourth-order valence-electron chi connectivity index (χ4n) is 9.24. The number of aromatic hydroxyl groups is 2. The number of para-hydroxylation sites is 2. The SMILES string of the molecule is C=CCC(COc1ccc(CCC)cc1-c1cccc(-c2c(C)ccc3ccccc23)c1O)COc1ccc(CCCCC)cc1-c1cccc(-c2c(C)ccc3ccccc23)c1O. The molecule has 324 valence electrons. The lowest BCUT2D eigenvalue weighted by molar-refractivity contribution is 0.179. The molecule has 1 atom stereocenters. The van der Waals surface area contributed by atoms with Crippen molar-refractivity contribution in [2.75, 3.05) is 13.2 Å². The van der Waals surface area contributed by atoms with Crippen LogP contribution in [0.2, 0.25) is 0 Å². The molecule has 0 aliphatic carbocycles. The molecule has 0 saturated carbocycles. The van der Waals surface area contributed by atoms with Crippen LogP contribution in [0, 0.1) is 19.8 Å². The van der Waals surface area contributed by atoms with Gasteiger partial charge in [0.2, 0.25) is 0 Å². The molecule has 0 saturated heterocycles. The van der Waals surface area contributed by atoms with Crippen LogP contribution < -0.4 is 9.47 Å². The number of phenols is 2. The first-order valence-corrected chi connectivity index (χ1v) is 23.0. The van der Waals surface area contributed by atoms with Crippen LogP contribution in [0.15, 0.2) is 158 Å². The van der Waals surface area contributed by atoms with E-state index in [4.69, 9.17) is 9.47 Å². The summed E-state index contributed by atoms with van der Waals surface area (Å²) in [5.74, 6) is 1.86. The fourth-order valence-corrected chi connectivity index (χ4v) is 9.24. The molecule has 0 aromatic heterocycles. The highest BCUT2D eigenvalue weighted by Gasteiger charge is 2.22. The normalized spacial score (nSPS) is 11.8. The third-order valence-electron chi connectivity index (χ3n) is 12.6. The van der Waals surface area contributed by atoms with E-state index in [1.807, 2.05) is 54.6 Å². The van der Waals surface area contributed by atoms with E-state index in [2.05, 4.69) is 131 Å². The maximum Gasteiger partial charge on any atom is 0.131 e. The first-order chi connectivity index (χ1) is 31.3. The number of aryl methyl sites for hydroxylation is 4. The topological polar surface area (TPSA) is 58.9 Å². The molecule has 0 radical (unpaired) electrons. The molecule has 0 spiro atoms. The van der Waals surface area contributed by atoms with Gasteiger partial charge in [-0.05, 0) is 119 Å². The minimum atomic E-state index is -0.0331. The summed E-state index contributed by atoms with van der Waals surface area (Å²) in [5, 5.41) is 28.8. The highest BCUT2D eigenvalue weighted by atomic mass is 16.5. The Labute approximate surface area is 379 Å². The van der Waals surface area contributed by atoms with Gasteiger partial charge in [-0.25, -0.2) is 0 Å². The molecule has 4 heteroatoms. The number of hydrogen-bond donors (Lipinski definition) is 2. The number of unbranched alkanes of at least 4 members (excludes halogenated alkanes) is 2. The first-order valence-electron chi connectivity index (χ1n) is 23.0. The van der Waals surface area contributed by atoms with Crippen molar-refractivity contribution in [2.45, 2.75) is 72.6 Å². The van der Waals surface area contributed by atoms with Crippen molar-refractivity contribution in [3.05, 3.63) is 181 Å². The highest BCUT2D eigenvalue weighted by molar-refractivity contribution is 6.02. The van der Waals surface area contributed by atoms with Gasteiger partial charge in [0.25, 0.3) is 0 Å². The highest BCUT2D eigenvalue weighted by Crippen LogP contribution is 2.47. The van der Waals surface area contributed by atoms with Crippen molar-refractivity contribution >= 4 is 21.5 Å². The number of benzene rings is 8. The minimum Gasteiger partial charge on any atom is -0.507 e. The van der Waals surface area contributed by atoms with Crippen LogP contribution in [0.5, 0.6) is 23.0 Å². The molecule has 0 amide bonds. The Kier molecular flexibility index (Phi) is 13.8. The van der Waals surface area contributed by atoms with Gasteiger partial charge in [0.1, 0.15) is 23.0 Å². The molecule has 8 aromatic rings. The lowest BCUT2D eigenvalue weighted by Crippen LogP contribution is -2.20. The van der Waals surface area contributed by atoms with Gasteiger partial charge in [-0.15, -0.1) is 6.58 Å². The predicted octanol–water partition coefficient (Wildman–Crippen LogP) is 16.0. The number of phenolic OH excluding ortho intramolecular Hbond substituents is 2. The van der Waals surface area contributed by atoms with E-state index in [1.54, 1.807) is 0 Å². The molecule has 1 unspecified atom stereocenters. The molecular weight excluding hydrogens is 785 g/mol.